The first kappa shape index (κ1) is 20.0. The summed E-state index contributed by atoms with van der Waals surface area (Å²) in [4.78, 5) is 14.3. The molecule has 1 aliphatic rings. The van der Waals surface area contributed by atoms with Crippen LogP contribution in [-0.2, 0) is 4.79 Å². The highest BCUT2D eigenvalue weighted by atomic mass is 16.5. The van der Waals surface area contributed by atoms with Crippen molar-refractivity contribution in [3.05, 3.63) is 66.2 Å². The molecular weight excluding hydrogens is 352 g/mol. The van der Waals surface area contributed by atoms with Crippen molar-refractivity contribution < 1.29 is 14.3 Å². The van der Waals surface area contributed by atoms with E-state index >= 15 is 0 Å². The summed E-state index contributed by atoms with van der Waals surface area (Å²) >= 11 is 0. The molecule has 0 radical (unpaired) electrons. The zero-order chi connectivity index (χ0) is 19.6. The van der Waals surface area contributed by atoms with Gasteiger partial charge in [0.2, 0.25) is 5.91 Å². The molecule has 0 spiro atoms. The van der Waals surface area contributed by atoms with Crippen LogP contribution >= 0.6 is 0 Å². The van der Waals surface area contributed by atoms with Gasteiger partial charge in [-0.15, -0.1) is 0 Å². The molecule has 1 amide bonds. The highest BCUT2D eigenvalue weighted by molar-refractivity contribution is 5.78. The summed E-state index contributed by atoms with van der Waals surface area (Å²) in [6.45, 7) is 5.66. The van der Waals surface area contributed by atoms with Gasteiger partial charge in [0.25, 0.3) is 0 Å². The molecule has 28 heavy (non-hydrogen) atoms. The Morgan fingerprint density at radius 3 is 2.39 bits per heavy atom. The quantitative estimate of drug-likeness (QED) is 0.678. The Balaban J connectivity index is 1.33. The van der Waals surface area contributed by atoms with Gasteiger partial charge in [0, 0.05) is 13.1 Å². The topological polar surface area (TPSA) is 50.8 Å². The van der Waals surface area contributed by atoms with Crippen LogP contribution in [0, 0.1) is 0 Å². The Labute approximate surface area is 167 Å². The van der Waals surface area contributed by atoms with Crippen LogP contribution in [0.25, 0.3) is 5.57 Å². The summed E-state index contributed by atoms with van der Waals surface area (Å²) < 4.78 is 11.0. The van der Waals surface area contributed by atoms with Crippen LogP contribution in [0.4, 0.5) is 0 Å². The normalized spacial score (nSPS) is 14.2. The van der Waals surface area contributed by atoms with Crippen molar-refractivity contribution in [3.8, 4) is 11.5 Å². The molecule has 0 fully saturated rings. The molecule has 0 saturated heterocycles. The minimum absolute atomic E-state index is 0.0341. The van der Waals surface area contributed by atoms with Crippen molar-refractivity contribution in [2.45, 2.75) is 13.3 Å². The van der Waals surface area contributed by atoms with Gasteiger partial charge in [0.15, 0.2) is 0 Å². The molecule has 0 atom stereocenters. The van der Waals surface area contributed by atoms with Gasteiger partial charge in [-0.25, -0.2) is 0 Å². The second-order valence-electron chi connectivity index (χ2n) is 6.68. The molecule has 1 heterocycles. The predicted molar refractivity (Wildman–Crippen MR) is 112 cm³/mol. The zero-order valence-electron chi connectivity index (χ0n) is 16.4. The SMILES string of the molecule is CCOc1ccc(OCCNC(=O)CN2CC=C(c3ccccc3)CC2)cc1. The molecule has 2 aromatic carbocycles. The van der Waals surface area contributed by atoms with E-state index in [1.165, 1.54) is 11.1 Å². The largest absolute Gasteiger partial charge is 0.494 e. The maximum Gasteiger partial charge on any atom is 0.234 e. The Morgan fingerprint density at radius 1 is 1.04 bits per heavy atom. The van der Waals surface area contributed by atoms with Crippen LogP contribution in [0.1, 0.15) is 18.9 Å². The van der Waals surface area contributed by atoms with E-state index in [1.54, 1.807) is 0 Å². The van der Waals surface area contributed by atoms with Crippen LogP contribution < -0.4 is 14.8 Å². The van der Waals surface area contributed by atoms with Gasteiger partial charge in [-0.2, -0.15) is 0 Å². The fourth-order valence-corrected chi connectivity index (χ4v) is 3.19. The van der Waals surface area contributed by atoms with Crippen molar-refractivity contribution >= 4 is 11.5 Å². The second-order valence-corrected chi connectivity index (χ2v) is 6.68. The molecule has 0 aromatic heterocycles. The molecule has 148 valence electrons. The van der Waals surface area contributed by atoms with Gasteiger partial charge in [-0.05, 0) is 48.7 Å². The lowest BCUT2D eigenvalue weighted by Crippen LogP contribution is -2.40. The van der Waals surface area contributed by atoms with E-state index < -0.39 is 0 Å². The first-order valence-corrected chi connectivity index (χ1v) is 9.84. The molecule has 5 heteroatoms. The average Bonchev–Trinajstić information content (AvgIpc) is 2.74. The summed E-state index contributed by atoms with van der Waals surface area (Å²) in [5.41, 5.74) is 2.64. The third-order valence-corrected chi connectivity index (χ3v) is 4.63. The van der Waals surface area contributed by atoms with Gasteiger partial charge < -0.3 is 14.8 Å². The standard InChI is InChI=1S/C23H28N2O3/c1-2-27-21-8-10-22(11-9-21)28-17-14-24-23(26)18-25-15-12-20(13-16-25)19-6-4-3-5-7-19/h3-12H,2,13-18H2,1H3,(H,24,26). The summed E-state index contributed by atoms with van der Waals surface area (Å²) in [7, 11) is 0. The fourth-order valence-electron chi connectivity index (χ4n) is 3.19. The molecule has 0 bridgehead atoms. The van der Waals surface area contributed by atoms with Crippen LogP contribution in [0.5, 0.6) is 11.5 Å². The van der Waals surface area contributed by atoms with Gasteiger partial charge in [0.1, 0.15) is 18.1 Å². The van der Waals surface area contributed by atoms with Crippen LogP contribution in [0.2, 0.25) is 0 Å². The van der Waals surface area contributed by atoms with Crippen LogP contribution in [-0.4, -0.2) is 50.2 Å². The molecule has 5 nitrogen and oxygen atoms in total. The highest BCUT2D eigenvalue weighted by Crippen LogP contribution is 2.21. The predicted octanol–water partition coefficient (Wildman–Crippen LogP) is 3.37. The van der Waals surface area contributed by atoms with Gasteiger partial charge >= 0.3 is 0 Å². The summed E-state index contributed by atoms with van der Waals surface area (Å²) in [6.07, 6.45) is 3.19. The van der Waals surface area contributed by atoms with Crippen molar-refractivity contribution in [2.24, 2.45) is 0 Å². The number of ether oxygens (including phenoxy) is 2. The van der Waals surface area contributed by atoms with Crippen molar-refractivity contribution in [1.29, 1.82) is 0 Å². The Bertz CT molecular complexity index is 772. The highest BCUT2D eigenvalue weighted by Gasteiger charge is 2.15. The summed E-state index contributed by atoms with van der Waals surface area (Å²) in [5, 5.41) is 2.92. The fraction of sp³-hybridized carbons (Fsp3) is 0.348. The third kappa shape index (κ3) is 6.13. The zero-order valence-corrected chi connectivity index (χ0v) is 16.4. The number of rotatable bonds is 9. The van der Waals surface area contributed by atoms with Crippen molar-refractivity contribution in [3.63, 3.8) is 0 Å². The molecule has 3 rings (SSSR count). The number of benzene rings is 2. The Kier molecular flexibility index (Phi) is 7.50. The van der Waals surface area contributed by atoms with E-state index in [0.29, 0.717) is 26.3 Å². The van der Waals surface area contributed by atoms with Crippen LogP contribution in [0.3, 0.4) is 0 Å². The third-order valence-electron chi connectivity index (χ3n) is 4.63. The maximum absolute atomic E-state index is 12.1. The lowest BCUT2D eigenvalue weighted by molar-refractivity contribution is -0.122. The number of carbonyl (C=O) groups excluding carboxylic acids is 1. The summed E-state index contributed by atoms with van der Waals surface area (Å²) in [5.74, 6) is 1.63. The Morgan fingerprint density at radius 2 is 1.75 bits per heavy atom. The number of amides is 1. The van der Waals surface area contributed by atoms with E-state index in [0.717, 1.165) is 31.0 Å². The van der Waals surface area contributed by atoms with Gasteiger partial charge in [0.05, 0.1) is 19.7 Å². The first-order chi connectivity index (χ1) is 13.7. The van der Waals surface area contributed by atoms with Crippen molar-refractivity contribution in [1.82, 2.24) is 10.2 Å². The molecule has 0 saturated carbocycles. The van der Waals surface area contributed by atoms with Crippen LogP contribution in [0.15, 0.2) is 60.7 Å². The molecule has 0 aliphatic carbocycles. The molecule has 1 aliphatic heterocycles. The maximum atomic E-state index is 12.1. The Hall–Kier alpha value is -2.79. The van der Waals surface area contributed by atoms with E-state index in [2.05, 4.69) is 40.6 Å². The molecule has 2 aromatic rings. The number of hydrogen-bond acceptors (Lipinski definition) is 4. The number of nitrogens with zero attached hydrogens (tertiary/aromatic N) is 1. The minimum Gasteiger partial charge on any atom is -0.494 e. The van der Waals surface area contributed by atoms with E-state index in [1.807, 2.05) is 37.3 Å². The van der Waals surface area contributed by atoms with E-state index in [9.17, 15) is 4.79 Å². The molecule has 1 N–H and O–H groups in total. The lowest BCUT2D eigenvalue weighted by Gasteiger charge is -2.25. The summed E-state index contributed by atoms with van der Waals surface area (Å²) in [6, 6.07) is 17.9. The second kappa shape index (κ2) is 10.5. The van der Waals surface area contributed by atoms with Gasteiger partial charge in [-0.3, -0.25) is 9.69 Å². The van der Waals surface area contributed by atoms with Crippen molar-refractivity contribution in [2.75, 3.05) is 39.4 Å². The monoisotopic (exact) mass is 380 g/mol. The molecule has 0 unspecified atom stereocenters. The average molecular weight is 380 g/mol. The van der Waals surface area contributed by atoms with E-state index in [4.69, 9.17) is 9.47 Å². The number of hydrogen-bond donors (Lipinski definition) is 1. The lowest BCUT2D eigenvalue weighted by atomic mass is 10.00. The van der Waals surface area contributed by atoms with E-state index in [-0.39, 0.29) is 5.91 Å². The number of nitrogens with one attached hydrogen (secondary N) is 1. The van der Waals surface area contributed by atoms with Gasteiger partial charge in [-0.1, -0.05) is 36.4 Å². The smallest absolute Gasteiger partial charge is 0.234 e. The minimum atomic E-state index is 0.0341. The first-order valence-electron chi connectivity index (χ1n) is 9.84. The number of carbonyl (C=O) groups is 1. The molecular formula is C23H28N2O3.